The fourth-order valence-electron chi connectivity index (χ4n) is 1.83. The van der Waals surface area contributed by atoms with Gasteiger partial charge in [-0.25, -0.2) is 13.1 Å². The molecule has 0 aliphatic carbocycles. The summed E-state index contributed by atoms with van der Waals surface area (Å²) in [5.74, 6) is 0.348. The molecule has 0 aromatic heterocycles. The summed E-state index contributed by atoms with van der Waals surface area (Å²) in [5, 5.41) is 0. The van der Waals surface area contributed by atoms with E-state index in [4.69, 9.17) is 11.6 Å². The lowest BCUT2D eigenvalue weighted by Crippen LogP contribution is -2.49. The summed E-state index contributed by atoms with van der Waals surface area (Å²) in [5.41, 5.74) is 0. The van der Waals surface area contributed by atoms with Crippen LogP contribution in [0, 0.1) is 5.92 Å². The second-order valence-corrected chi connectivity index (χ2v) is 6.78. The van der Waals surface area contributed by atoms with E-state index in [1.807, 2.05) is 0 Å². The molecule has 1 saturated heterocycles. The summed E-state index contributed by atoms with van der Waals surface area (Å²) in [6.45, 7) is 2.23. The quantitative estimate of drug-likeness (QED) is 0.743. The first-order valence-electron chi connectivity index (χ1n) is 5.64. The molecule has 2 unspecified atom stereocenters. The van der Waals surface area contributed by atoms with Gasteiger partial charge in [0.05, 0.1) is 5.75 Å². The molecule has 1 heterocycles. The van der Waals surface area contributed by atoms with Crippen molar-refractivity contribution in [2.45, 2.75) is 25.8 Å². The van der Waals surface area contributed by atoms with Crippen molar-refractivity contribution >= 4 is 27.5 Å². The number of hydrogen-bond donors (Lipinski definition) is 1. The van der Waals surface area contributed by atoms with Crippen molar-refractivity contribution in [1.29, 1.82) is 0 Å². The Labute approximate surface area is 108 Å². The van der Waals surface area contributed by atoms with Crippen LogP contribution in [0.25, 0.3) is 0 Å². The molecule has 0 aromatic rings. The molecule has 0 bridgehead atoms. The van der Waals surface area contributed by atoms with Crippen LogP contribution in [0.3, 0.4) is 0 Å². The number of sulfonamides is 1. The smallest absolute Gasteiger partial charge is 0.222 e. The normalized spacial score (nSPS) is 23.8. The number of likely N-dealkylation sites (N-methyl/N-ethyl adjacent to an activating group) is 1. The van der Waals surface area contributed by atoms with E-state index in [0.717, 1.165) is 0 Å². The molecule has 1 N–H and O–H groups in total. The highest BCUT2D eigenvalue weighted by Crippen LogP contribution is 2.11. The lowest BCUT2D eigenvalue weighted by molar-refractivity contribution is -0.132. The first-order valence-corrected chi connectivity index (χ1v) is 7.82. The van der Waals surface area contributed by atoms with E-state index in [1.165, 1.54) is 0 Å². The van der Waals surface area contributed by atoms with Crippen LogP contribution in [-0.4, -0.2) is 50.5 Å². The fourth-order valence-corrected chi connectivity index (χ4v) is 3.73. The molecular formula is C10H19ClN2O3S. The van der Waals surface area contributed by atoms with Gasteiger partial charge in [-0.1, -0.05) is 6.92 Å². The standard InChI is InChI=1S/C10H19ClN2O3S/c1-8(5-11)7-17(15,16)12-9-3-4-10(14)13(2)6-9/h8-9,12H,3-7H2,1-2H3. The molecule has 2 atom stereocenters. The van der Waals surface area contributed by atoms with Crippen LogP contribution >= 0.6 is 11.6 Å². The topological polar surface area (TPSA) is 66.5 Å². The van der Waals surface area contributed by atoms with Gasteiger partial charge in [0.25, 0.3) is 0 Å². The Kier molecular flexibility index (Phi) is 5.22. The molecule has 1 fully saturated rings. The highest BCUT2D eigenvalue weighted by Gasteiger charge is 2.26. The van der Waals surface area contributed by atoms with Crippen LogP contribution in [0.5, 0.6) is 0 Å². The minimum Gasteiger partial charge on any atom is -0.344 e. The molecule has 0 aromatic carbocycles. The Balaban J connectivity index is 2.51. The largest absolute Gasteiger partial charge is 0.344 e. The van der Waals surface area contributed by atoms with E-state index >= 15 is 0 Å². The molecule has 0 saturated carbocycles. The maximum Gasteiger partial charge on any atom is 0.222 e. The third-order valence-corrected chi connectivity index (χ3v) is 4.97. The molecule has 1 amide bonds. The number of nitrogens with one attached hydrogen (secondary N) is 1. The second-order valence-electron chi connectivity index (χ2n) is 4.67. The molecule has 1 aliphatic rings. The van der Waals surface area contributed by atoms with Crippen molar-refractivity contribution in [3.8, 4) is 0 Å². The number of likely N-dealkylation sites (tertiary alicyclic amines) is 1. The number of rotatable bonds is 5. The molecule has 100 valence electrons. The number of amides is 1. The van der Waals surface area contributed by atoms with Gasteiger partial charge in [0.2, 0.25) is 15.9 Å². The molecule has 1 aliphatic heterocycles. The van der Waals surface area contributed by atoms with E-state index in [0.29, 0.717) is 25.3 Å². The fraction of sp³-hybridized carbons (Fsp3) is 0.900. The zero-order valence-electron chi connectivity index (χ0n) is 10.1. The summed E-state index contributed by atoms with van der Waals surface area (Å²) >= 11 is 5.60. The summed E-state index contributed by atoms with van der Waals surface area (Å²) in [6.07, 6.45) is 0.965. The highest BCUT2D eigenvalue weighted by molar-refractivity contribution is 7.89. The summed E-state index contributed by atoms with van der Waals surface area (Å²) < 4.78 is 26.2. The van der Waals surface area contributed by atoms with Crippen LogP contribution < -0.4 is 4.72 Å². The Morgan fingerprint density at radius 1 is 1.59 bits per heavy atom. The molecule has 5 nitrogen and oxygen atoms in total. The number of halogens is 1. The Morgan fingerprint density at radius 2 is 2.24 bits per heavy atom. The first-order chi connectivity index (χ1) is 7.84. The van der Waals surface area contributed by atoms with Gasteiger partial charge in [0, 0.05) is 31.9 Å². The molecule has 0 spiro atoms. The van der Waals surface area contributed by atoms with Gasteiger partial charge >= 0.3 is 0 Å². The third-order valence-electron chi connectivity index (χ3n) is 2.74. The summed E-state index contributed by atoms with van der Waals surface area (Å²) in [7, 11) is -1.62. The lowest BCUT2D eigenvalue weighted by Gasteiger charge is -2.30. The van der Waals surface area contributed by atoms with E-state index in [9.17, 15) is 13.2 Å². The van der Waals surface area contributed by atoms with Crippen molar-refractivity contribution in [2.24, 2.45) is 5.92 Å². The van der Waals surface area contributed by atoms with E-state index in [2.05, 4.69) is 4.72 Å². The zero-order valence-corrected chi connectivity index (χ0v) is 11.7. The van der Waals surface area contributed by atoms with Crippen molar-refractivity contribution in [2.75, 3.05) is 25.2 Å². The van der Waals surface area contributed by atoms with Gasteiger partial charge in [-0.05, 0) is 12.3 Å². The average Bonchev–Trinajstić information content (AvgIpc) is 2.22. The van der Waals surface area contributed by atoms with Crippen LogP contribution in [0.1, 0.15) is 19.8 Å². The van der Waals surface area contributed by atoms with Gasteiger partial charge in [-0.2, -0.15) is 0 Å². The minimum absolute atomic E-state index is 0.0324. The van der Waals surface area contributed by atoms with E-state index in [-0.39, 0.29) is 23.6 Å². The minimum atomic E-state index is -3.31. The molecule has 7 heteroatoms. The van der Waals surface area contributed by atoms with Gasteiger partial charge in [-0.15, -0.1) is 11.6 Å². The summed E-state index contributed by atoms with van der Waals surface area (Å²) in [6, 6.07) is -0.176. The number of carbonyl (C=O) groups excluding carboxylic acids is 1. The third kappa shape index (κ3) is 4.81. The highest BCUT2D eigenvalue weighted by atomic mass is 35.5. The molecule has 1 rings (SSSR count). The van der Waals surface area contributed by atoms with Gasteiger partial charge in [-0.3, -0.25) is 4.79 Å². The van der Waals surface area contributed by atoms with Gasteiger partial charge < -0.3 is 4.90 Å². The zero-order chi connectivity index (χ0) is 13.1. The number of nitrogens with zero attached hydrogens (tertiary/aromatic N) is 1. The van der Waals surface area contributed by atoms with Crippen LogP contribution in [0.4, 0.5) is 0 Å². The molecule has 17 heavy (non-hydrogen) atoms. The average molecular weight is 283 g/mol. The Morgan fingerprint density at radius 3 is 2.76 bits per heavy atom. The number of hydrogen-bond acceptors (Lipinski definition) is 3. The number of piperidine rings is 1. The van der Waals surface area contributed by atoms with Crippen LogP contribution in [-0.2, 0) is 14.8 Å². The van der Waals surface area contributed by atoms with Gasteiger partial charge in [0.1, 0.15) is 0 Å². The number of alkyl halides is 1. The van der Waals surface area contributed by atoms with E-state index < -0.39 is 10.0 Å². The van der Waals surface area contributed by atoms with Crippen molar-refractivity contribution in [3.63, 3.8) is 0 Å². The predicted molar refractivity (Wildman–Crippen MR) is 67.5 cm³/mol. The van der Waals surface area contributed by atoms with Gasteiger partial charge in [0.15, 0.2) is 0 Å². The Hall–Kier alpha value is -0.330. The van der Waals surface area contributed by atoms with E-state index in [1.54, 1.807) is 18.9 Å². The van der Waals surface area contributed by atoms with Crippen molar-refractivity contribution in [1.82, 2.24) is 9.62 Å². The van der Waals surface area contributed by atoms with Crippen LogP contribution in [0.15, 0.2) is 0 Å². The monoisotopic (exact) mass is 282 g/mol. The van der Waals surface area contributed by atoms with Crippen LogP contribution in [0.2, 0.25) is 0 Å². The molecular weight excluding hydrogens is 264 g/mol. The SMILES string of the molecule is CC(CCl)CS(=O)(=O)NC1CCC(=O)N(C)C1. The first kappa shape index (κ1) is 14.7. The maximum absolute atomic E-state index is 11.8. The number of carbonyl (C=O) groups is 1. The predicted octanol–water partition coefficient (Wildman–Crippen LogP) is 0.401. The Bertz CT molecular complexity index is 372. The summed E-state index contributed by atoms with van der Waals surface area (Å²) in [4.78, 5) is 12.8. The van der Waals surface area contributed by atoms with Crippen molar-refractivity contribution < 1.29 is 13.2 Å². The second kappa shape index (κ2) is 6.02. The molecule has 0 radical (unpaired) electrons. The maximum atomic E-state index is 11.8. The lowest BCUT2D eigenvalue weighted by atomic mass is 10.1. The van der Waals surface area contributed by atoms with Crippen molar-refractivity contribution in [3.05, 3.63) is 0 Å².